The normalized spacial score (nSPS) is 13.7. The van der Waals surface area contributed by atoms with Gasteiger partial charge in [-0.05, 0) is 98.6 Å². The lowest BCUT2D eigenvalue weighted by Crippen LogP contribution is -2.60. The monoisotopic (exact) mass is 664 g/mol. The van der Waals surface area contributed by atoms with E-state index in [9.17, 15) is 0 Å². The summed E-state index contributed by atoms with van der Waals surface area (Å²) in [5.74, 6) is 0. The van der Waals surface area contributed by atoms with Crippen LogP contribution in [0.5, 0.6) is 0 Å². The van der Waals surface area contributed by atoms with Crippen molar-refractivity contribution in [2.24, 2.45) is 0 Å². The second-order valence-corrected chi connectivity index (χ2v) is 16.9. The van der Waals surface area contributed by atoms with E-state index >= 15 is 0 Å². The number of fused-ring (bicyclic) bond motifs is 6. The van der Waals surface area contributed by atoms with Crippen molar-refractivity contribution in [3.8, 4) is 11.1 Å². The first-order valence-corrected chi connectivity index (χ1v) is 18.5. The van der Waals surface area contributed by atoms with Gasteiger partial charge in [0, 0.05) is 43.3 Å². The van der Waals surface area contributed by atoms with Gasteiger partial charge < -0.3 is 9.80 Å². The number of hydrogen-bond acceptors (Lipinski definition) is 3. The van der Waals surface area contributed by atoms with Crippen LogP contribution in [0.15, 0.2) is 140 Å². The fourth-order valence-electron chi connectivity index (χ4n) is 7.95. The Labute approximate surface area is 300 Å². The van der Waals surface area contributed by atoms with Crippen LogP contribution in [0.2, 0.25) is 0 Å². The van der Waals surface area contributed by atoms with Gasteiger partial charge in [0.1, 0.15) is 0 Å². The molecule has 2 aliphatic heterocycles. The molecule has 9 rings (SSSR count). The Hall–Kier alpha value is -5.06. The van der Waals surface area contributed by atoms with Crippen molar-refractivity contribution < 1.29 is 0 Å². The lowest BCUT2D eigenvalue weighted by atomic mass is 9.36. The predicted octanol–water partition coefficient (Wildman–Crippen LogP) is 11.2. The van der Waals surface area contributed by atoms with E-state index in [1.807, 2.05) is 11.3 Å². The van der Waals surface area contributed by atoms with Gasteiger partial charge in [0.15, 0.2) is 0 Å². The minimum Gasteiger partial charge on any atom is -0.311 e. The highest BCUT2D eigenvalue weighted by atomic mass is 32.1. The van der Waals surface area contributed by atoms with E-state index in [1.54, 1.807) is 0 Å². The standard InChI is InChI=1S/C46H41BN2S/c1-45(2,3)32-24-22-30(23-25-32)31-14-12-17-35(28-31)49-40-21-13-20-39-42(40)47(37-18-10-11-19-38(37)48(39)34-15-8-7-9-16-34)44-43(49)36-29-33(46(4,5)6)26-27-41(36)50-44/h7-29H,1-6H3. The van der Waals surface area contributed by atoms with Gasteiger partial charge in [-0.2, -0.15) is 0 Å². The van der Waals surface area contributed by atoms with Crippen molar-refractivity contribution in [1.29, 1.82) is 0 Å². The van der Waals surface area contributed by atoms with Gasteiger partial charge in [0.25, 0.3) is 6.71 Å². The highest BCUT2D eigenvalue weighted by Gasteiger charge is 2.45. The van der Waals surface area contributed by atoms with E-state index in [0.29, 0.717) is 0 Å². The van der Waals surface area contributed by atoms with E-state index in [4.69, 9.17) is 0 Å². The molecule has 0 amide bonds. The first-order chi connectivity index (χ1) is 24.1. The van der Waals surface area contributed by atoms with Gasteiger partial charge in [0.2, 0.25) is 0 Å². The number of nitrogens with zero attached hydrogens (tertiary/aromatic N) is 2. The molecule has 0 unspecified atom stereocenters. The largest absolute Gasteiger partial charge is 0.311 e. The molecule has 244 valence electrons. The summed E-state index contributed by atoms with van der Waals surface area (Å²) < 4.78 is 2.74. The van der Waals surface area contributed by atoms with Gasteiger partial charge in [-0.25, -0.2) is 0 Å². The Morgan fingerprint density at radius 1 is 0.500 bits per heavy atom. The van der Waals surface area contributed by atoms with E-state index in [1.165, 1.54) is 82.2 Å². The first-order valence-electron chi connectivity index (χ1n) is 17.7. The summed E-state index contributed by atoms with van der Waals surface area (Å²) in [6, 6.07) is 52.2. The van der Waals surface area contributed by atoms with Crippen LogP contribution < -0.4 is 25.5 Å². The maximum absolute atomic E-state index is 2.57. The third-order valence-electron chi connectivity index (χ3n) is 10.6. The fourth-order valence-corrected chi connectivity index (χ4v) is 9.25. The highest BCUT2D eigenvalue weighted by molar-refractivity contribution is 7.33. The van der Waals surface area contributed by atoms with Gasteiger partial charge in [-0.1, -0.05) is 126 Å². The SMILES string of the molecule is CC(C)(C)c1ccc(-c2cccc(N3c4cccc5c4B(c4ccccc4N5c4ccccc4)c4sc5ccc(C(C)(C)C)cc5c43)c2)cc1. The quantitative estimate of drug-likeness (QED) is 0.174. The second kappa shape index (κ2) is 11.2. The number of rotatable bonds is 3. The van der Waals surface area contributed by atoms with Crippen molar-refractivity contribution in [2.75, 3.05) is 9.80 Å². The van der Waals surface area contributed by atoms with Crippen molar-refractivity contribution in [3.05, 3.63) is 151 Å². The Morgan fingerprint density at radius 3 is 1.86 bits per heavy atom. The molecule has 0 saturated carbocycles. The Kier molecular flexibility index (Phi) is 6.96. The lowest BCUT2D eigenvalue weighted by molar-refractivity contribution is 0.590. The summed E-state index contributed by atoms with van der Waals surface area (Å²) in [6.07, 6.45) is 0. The number of hydrogen-bond donors (Lipinski definition) is 0. The van der Waals surface area contributed by atoms with Crippen molar-refractivity contribution in [1.82, 2.24) is 0 Å². The number of anilines is 6. The minimum atomic E-state index is 0.0420. The van der Waals surface area contributed by atoms with E-state index in [2.05, 4.69) is 191 Å². The molecule has 2 aliphatic rings. The molecule has 4 heteroatoms. The topological polar surface area (TPSA) is 6.48 Å². The molecule has 0 atom stereocenters. The minimum absolute atomic E-state index is 0.0420. The molecule has 0 spiro atoms. The molecule has 1 aromatic heterocycles. The zero-order valence-electron chi connectivity index (χ0n) is 29.7. The summed E-state index contributed by atoms with van der Waals surface area (Å²) in [6.45, 7) is 13.9. The predicted molar refractivity (Wildman–Crippen MR) is 219 cm³/mol. The maximum atomic E-state index is 2.57. The van der Waals surface area contributed by atoms with Crippen LogP contribution in [0.1, 0.15) is 52.7 Å². The molecule has 3 heterocycles. The smallest absolute Gasteiger partial charge is 0.264 e. The summed E-state index contributed by atoms with van der Waals surface area (Å²) in [7, 11) is 0. The third-order valence-corrected chi connectivity index (χ3v) is 11.8. The number of para-hydroxylation sites is 2. The number of benzene rings is 6. The van der Waals surface area contributed by atoms with E-state index in [0.717, 1.165) is 0 Å². The van der Waals surface area contributed by atoms with E-state index in [-0.39, 0.29) is 17.5 Å². The molecule has 6 aromatic carbocycles. The molecular formula is C46H41BN2S. The molecule has 0 saturated heterocycles. The summed E-state index contributed by atoms with van der Waals surface area (Å²) >= 11 is 1.96. The average Bonchev–Trinajstić information content (AvgIpc) is 3.50. The average molecular weight is 665 g/mol. The van der Waals surface area contributed by atoms with Gasteiger partial charge in [-0.3, -0.25) is 0 Å². The Morgan fingerprint density at radius 2 is 1.12 bits per heavy atom. The molecule has 0 fully saturated rings. The van der Waals surface area contributed by atoms with Crippen LogP contribution in [0.3, 0.4) is 0 Å². The van der Waals surface area contributed by atoms with Gasteiger partial charge in [-0.15, -0.1) is 11.3 Å². The van der Waals surface area contributed by atoms with Gasteiger partial charge >= 0.3 is 0 Å². The van der Waals surface area contributed by atoms with Crippen LogP contribution in [-0.4, -0.2) is 6.71 Å². The van der Waals surface area contributed by atoms with Crippen molar-refractivity contribution in [3.63, 3.8) is 0 Å². The lowest BCUT2D eigenvalue weighted by Gasteiger charge is -2.43. The van der Waals surface area contributed by atoms with Gasteiger partial charge in [0.05, 0.1) is 5.69 Å². The molecule has 7 aromatic rings. The molecule has 0 aliphatic carbocycles. The zero-order chi connectivity index (χ0) is 34.4. The van der Waals surface area contributed by atoms with E-state index < -0.39 is 0 Å². The van der Waals surface area contributed by atoms with Crippen LogP contribution in [-0.2, 0) is 10.8 Å². The van der Waals surface area contributed by atoms with Crippen LogP contribution in [0, 0.1) is 0 Å². The summed E-state index contributed by atoms with van der Waals surface area (Å²) in [5.41, 5.74) is 15.5. The zero-order valence-corrected chi connectivity index (χ0v) is 30.5. The van der Waals surface area contributed by atoms with Crippen LogP contribution >= 0.6 is 11.3 Å². The fraction of sp³-hybridized carbons (Fsp3) is 0.174. The van der Waals surface area contributed by atoms with Crippen molar-refractivity contribution >= 4 is 78.0 Å². The summed E-state index contributed by atoms with van der Waals surface area (Å²) in [4.78, 5) is 5.03. The van der Waals surface area contributed by atoms with Crippen LogP contribution in [0.25, 0.3) is 21.2 Å². The maximum Gasteiger partial charge on any atom is 0.264 e. The third kappa shape index (κ3) is 4.84. The summed E-state index contributed by atoms with van der Waals surface area (Å²) in [5, 5.41) is 1.33. The molecular weight excluding hydrogens is 623 g/mol. The molecule has 0 radical (unpaired) electrons. The van der Waals surface area contributed by atoms with Crippen LogP contribution in [0.4, 0.5) is 34.1 Å². The molecule has 50 heavy (non-hydrogen) atoms. The molecule has 0 bridgehead atoms. The number of thiophene rings is 1. The molecule has 0 N–H and O–H groups in total. The van der Waals surface area contributed by atoms with Crippen molar-refractivity contribution in [2.45, 2.75) is 52.4 Å². The highest BCUT2D eigenvalue weighted by Crippen LogP contribution is 2.48. The second-order valence-electron chi connectivity index (χ2n) is 15.9. The Balaban J connectivity index is 1.32. The first kappa shape index (κ1) is 31.0. The molecule has 2 nitrogen and oxygen atoms in total. The Bertz CT molecular complexity index is 2410.